The van der Waals surface area contributed by atoms with E-state index in [4.69, 9.17) is 5.11 Å². The fourth-order valence-corrected chi connectivity index (χ4v) is 6.41. The maximum atomic E-state index is 12.7. The zero-order valence-electron chi connectivity index (χ0n) is 16.1. The molecule has 30 heavy (non-hydrogen) atoms. The molecular formula is C20H20N3O4S3+. The molecule has 0 saturated carbocycles. The van der Waals surface area contributed by atoms with Crippen molar-refractivity contribution in [2.24, 2.45) is 0 Å². The van der Waals surface area contributed by atoms with Gasteiger partial charge in [0.1, 0.15) is 16.7 Å². The standard InChI is InChI=1S/C20H19N3O4S3/c1-28-16(14-3-2-8-29-14)17(24)21-15-18(25)23-10-12(11-30-19(15)23)9-22-6-4-13(5-7-22)20(26)27/h2-8,10,15-16,19H,9,11H2,1H3,(H-,21,24,26,27)/p+1/t15?,16?,19-/m1/s1. The zero-order chi connectivity index (χ0) is 21.3. The van der Waals surface area contributed by atoms with Crippen molar-refractivity contribution in [3.63, 3.8) is 0 Å². The molecule has 2 unspecified atom stereocenters. The second kappa shape index (κ2) is 8.83. The quantitative estimate of drug-likeness (QED) is 0.484. The predicted octanol–water partition coefficient (Wildman–Crippen LogP) is 2.12. The minimum atomic E-state index is -0.959. The molecule has 2 aromatic rings. The molecule has 7 nitrogen and oxygen atoms in total. The second-order valence-electron chi connectivity index (χ2n) is 6.92. The summed E-state index contributed by atoms with van der Waals surface area (Å²) in [6, 6.07) is 6.46. The van der Waals surface area contributed by atoms with E-state index in [1.54, 1.807) is 41.2 Å². The number of carboxylic acid groups (broad SMARTS) is 1. The number of β-lactam (4-membered cyclic amide) rings is 1. The number of thioether (sulfide) groups is 2. The molecule has 10 heteroatoms. The first kappa shape index (κ1) is 21.0. The number of amides is 2. The van der Waals surface area contributed by atoms with Crippen molar-refractivity contribution >= 4 is 52.6 Å². The number of fused-ring (bicyclic) bond motifs is 1. The van der Waals surface area contributed by atoms with Crippen LogP contribution in [0.2, 0.25) is 0 Å². The Balaban J connectivity index is 1.38. The van der Waals surface area contributed by atoms with E-state index >= 15 is 0 Å². The van der Waals surface area contributed by atoms with Crippen molar-refractivity contribution in [2.45, 2.75) is 23.2 Å². The number of pyridine rings is 1. The highest BCUT2D eigenvalue weighted by Crippen LogP contribution is 2.37. The first-order chi connectivity index (χ1) is 14.5. The van der Waals surface area contributed by atoms with Crippen LogP contribution < -0.4 is 9.88 Å². The van der Waals surface area contributed by atoms with Gasteiger partial charge in [-0.05, 0) is 17.7 Å². The summed E-state index contributed by atoms with van der Waals surface area (Å²) in [5, 5.41) is 13.5. The van der Waals surface area contributed by atoms with Gasteiger partial charge in [-0.15, -0.1) is 34.9 Å². The zero-order valence-corrected chi connectivity index (χ0v) is 18.5. The number of rotatable bonds is 7. The number of carbonyl (C=O) groups is 3. The van der Waals surface area contributed by atoms with E-state index in [1.807, 2.05) is 34.5 Å². The van der Waals surface area contributed by atoms with Gasteiger partial charge in [-0.3, -0.25) is 9.59 Å². The van der Waals surface area contributed by atoms with Gasteiger partial charge in [0.05, 0.1) is 5.56 Å². The molecule has 1 fully saturated rings. The second-order valence-corrected chi connectivity index (χ2v) is 9.94. The molecule has 2 amide bonds. The third kappa shape index (κ3) is 4.12. The molecule has 2 aromatic heterocycles. The third-order valence-corrected chi connectivity index (χ3v) is 8.34. The first-order valence-electron chi connectivity index (χ1n) is 9.20. The lowest BCUT2D eigenvalue weighted by Gasteiger charge is -2.47. The monoisotopic (exact) mass is 462 g/mol. The molecule has 2 N–H and O–H groups in total. The van der Waals surface area contributed by atoms with E-state index in [0.717, 1.165) is 16.2 Å². The SMILES string of the molecule is CSC(C(=O)NC1C(=O)N2C=C(C[n+]3ccc(C(=O)O)cc3)CS[C@H]12)c1cccs1. The largest absolute Gasteiger partial charge is 0.478 e. The smallest absolute Gasteiger partial charge is 0.336 e. The average Bonchev–Trinajstić information content (AvgIpc) is 3.27. The molecule has 0 radical (unpaired) electrons. The topological polar surface area (TPSA) is 90.6 Å². The number of aromatic carboxylic acids is 1. The molecular weight excluding hydrogens is 442 g/mol. The minimum absolute atomic E-state index is 0.0876. The number of hydrogen-bond acceptors (Lipinski definition) is 6. The number of nitrogens with one attached hydrogen (secondary N) is 1. The Hall–Kier alpha value is -2.30. The Bertz CT molecular complexity index is 991. The van der Waals surface area contributed by atoms with Crippen LogP contribution in [0.15, 0.2) is 53.8 Å². The lowest BCUT2D eigenvalue weighted by molar-refractivity contribution is -0.689. The van der Waals surface area contributed by atoms with Crippen molar-refractivity contribution in [2.75, 3.05) is 12.0 Å². The van der Waals surface area contributed by atoms with Crippen LogP contribution in [0.5, 0.6) is 0 Å². The molecule has 156 valence electrons. The van der Waals surface area contributed by atoms with Crippen LogP contribution in [0.1, 0.15) is 20.5 Å². The first-order valence-corrected chi connectivity index (χ1v) is 12.4. The molecule has 3 atom stereocenters. The molecule has 1 saturated heterocycles. The highest BCUT2D eigenvalue weighted by Gasteiger charge is 2.50. The molecule has 2 aliphatic rings. The van der Waals surface area contributed by atoms with Crippen molar-refractivity contribution in [3.8, 4) is 0 Å². The van der Waals surface area contributed by atoms with Crippen molar-refractivity contribution in [3.05, 3.63) is 64.3 Å². The number of carbonyl (C=O) groups excluding carboxylic acids is 2. The van der Waals surface area contributed by atoms with Gasteiger partial charge in [0, 0.05) is 34.5 Å². The molecule has 2 aliphatic heterocycles. The number of thiophene rings is 1. The Morgan fingerprint density at radius 3 is 2.77 bits per heavy atom. The van der Waals surface area contributed by atoms with Crippen LogP contribution in [0.4, 0.5) is 0 Å². The van der Waals surface area contributed by atoms with E-state index in [1.165, 1.54) is 23.1 Å². The molecule has 0 spiro atoms. The fourth-order valence-electron chi connectivity index (χ4n) is 3.41. The summed E-state index contributed by atoms with van der Waals surface area (Å²) in [6.45, 7) is 0.577. The lowest BCUT2D eigenvalue weighted by Crippen LogP contribution is -2.68. The van der Waals surface area contributed by atoms with Crippen LogP contribution in [-0.2, 0) is 16.1 Å². The highest BCUT2D eigenvalue weighted by atomic mass is 32.2. The van der Waals surface area contributed by atoms with Crippen LogP contribution in [0.25, 0.3) is 0 Å². The molecule has 0 bridgehead atoms. The van der Waals surface area contributed by atoms with Crippen molar-refractivity contribution < 1.29 is 24.1 Å². The number of hydrogen-bond donors (Lipinski definition) is 2. The summed E-state index contributed by atoms with van der Waals surface area (Å²) < 4.78 is 1.88. The van der Waals surface area contributed by atoms with Crippen LogP contribution >= 0.6 is 34.9 Å². The van der Waals surface area contributed by atoms with Crippen LogP contribution in [-0.4, -0.2) is 51.2 Å². The minimum Gasteiger partial charge on any atom is -0.478 e. The molecule has 0 aromatic carbocycles. The molecule has 4 rings (SSSR count). The average molecular weight is 463 g/mol. The number of nitrogens with zero attached hydrogens (tertiary/aromatic N) is 2. The Morgan fingerprint density at radius 2 is 2.13 bits per heavy atom. The summed E-state index contributed by atoms with van der Waals surface area (Å²) in [5.74, 6) is -0.451. The van der Waals surface area contributed by atoms with E-state index in [2.05, 4.69) is 5.32 Å². The summed E-state index contributed by atoms with van der Waals surface area (Å²) in [7, 11) is 0. The van der Waals surface area contributed by atoms with Gasteiger partial charge in [-0.25, -0.2) is 9.36 Å². The summed E-state index contributed by atoms with van der Waals surface area (Å²) in [5.41, 5.74) is 1.30. The Labute approximate surface area is 186 Å². The normalized spacial score (nSPS) is 21.3. The molecule has 4 heterocycles. The lowest BCUT2D eigenvalue weighted by atomic mass is 10.1. The van der Waals surface area contributed by atoms with Crippen LogP contribution in [0.3, 0.4) is 0 Å². The van der Waals surface area contributed by atoms with Gasteiger partial charge in [0.2, 0.25) is 5.91 Å². The summed E-state index contributed by atoms with van der Waals surface area (Å²) in [4.78, 5) is 39.0. The maximum Gasteiger partial charge on any atom is 0.336 e. The van der Waals surface area contributed by atoms with Gasteiger partial charge in [0.15, 0.2) is 18.9 Å². The Kier molecular flexibility index (Phi) is 6.16. The van der Waals surface area contributed by atoms with E-state index in [9.17, 15) is 14.4 Å². The van der Waals surface area contributed by atoms with Gasteiger partial charge in [0.25, 0.3) is 5.91 Å². The Morgan fingerprint density at radius 1 is 1.37 bits per heavy atom. The van der Waals surface area contributed by atoms with E-state index in [-0.39, 0.29) is 28.0 Å². The van der Waals surface area contributed by atoms with Gasteiger partial charge >= 0.3 is 5.97 Å². The van der Waals surface area contributed by atoms with Gasteiger partial charge in [-0.1, -0.05) is 6.07 Å². The summed E-state index contributed by atoms with van der Waals surface area (Å²) in [6.07, 6.45) is 7.18. The van der Waals surface area contributed by atoms with Crippen molar-refractivity contribution in [1.82, 2.24) is 10.2 Å². The third-order valence-electron chi connectivity index (χ3n) is 4.94. The maximum absolute atomic E-state index is 12.7. The number of carboxylic acids is 1. The predicted molar refractivity (Wildman–Crippen MR) is 117 cm³/mol. The van der Waals surface area contributed by atoms with Gasteiger partial charge in [-0.2, -0.15) is 0 Å². The highest BCUT2D eigenvalue weighted by molar-refractivity contribution is 8.00. The molecule has 0 aliphatic carbocycles. The van der Waals surface area contributed by atoms with Crippen LogP contribution in [0, 0.1) is 0 Å². The number of aromatic nitrogens is 1. The van der Waals surface area contributed by atoms with E-state index in [0.29, 0.717) is 6.54 Å². The van der Waals surface area contributed by atoms with E-state index < -0.39 is 12.0 Å². The van der Waals surface area contributed by atoms with Gasteiger partial charge < -0.3 is 15.3 Å². The fraction of sp³-hybridized carbons (Fsp3) is 0.300. The summed E-state index contributed by atoms with van der Waals surface area (Å²) >= 11 is 4.63. The van der Waals surface area contributed by atoms with Crippen molar-refractivity contribution in [1.29, 1.82) is 0 Å².